The highest BCUT2D eigenvalue weighted by atomic mass is 35.5. The molecule has 0 radical (unpaired) electrons. The van der Waals surface area contributed by atoms with Crippen LogP contribution in [0.15, 0.2) is 54.6 Å². The number of ether oxygens (including phenoxy) is 1. The Kier molecular flexibility index (Phi) is 9.60. The molecule has 3 heterocycles. The van der Waals surface area contributed by atoms with E-state index in [0.717, 1.165) is 69.8 Å². The van der Waals surface area contributed by atoms with Gasteiger partial charge in [0.25, 0.3) is 0 Å². The van der Waals surface area contributed by atoms with Crippen molar-refractivity contribution >= 4 is 24.2 Å². The van der Waals surface area contributed by atoms with Gasteiger partial charge in [-0.15, -0.1) is 12.4 Å². The molecule has 3 saturated heterocycles. The minimum Gasteiger partial charge on any atom is -0.497 e. The van der Waals surface area contributed by atoms with E-state index in [2.05, 4.69) is 71.0 Å². The smallest absolute Gasteiger partial charge is 0.229 e. The Balaban J connectivity index is 0.00000353. The van der Waals surface area contributed by atoms with E-state index in [1.54, 1.807) is 7.11 Å². The molecule has 0 bridgehead atoms. The second kappa shape index (κ2) is 12.7. The van der Waals surface area contributed by atoms with Crippen molar-refractivity contribution in [2.75, 3.05) is 46.4 Å². The number of rotatable bonds is 8. The predicted molar refractivity (Wildman–Crippen MR) is 157 cm³/mol. The minimum atomic E-state index is -0.198. The van der Waals surface area contributed by atoms with Gasteiger partial charge < -0.3 is 19.4 Å². The molecule has 2 unspecified atom stereocenters. The number of amides is 2. The van der Waals surface area contributed by atoms with Crippen LogP contribution in [0.2, 0.25) is 0 Å². The molecule has 3 aliphatic rings. The van der Waals surface area contributed by atoms with Crippen molar-refractivity contribution in [2.24, 2.45) is 17.3 Å². The third-order valence-corrected chi connectivity index (χ3v) is 9.04. The quantitative estimate of drug-likeness (QED) is 0.450. The van der Waals surface area contributed by atoms with Gasteiger partial charge in [-0.05, 0) is 67.4 Å². The number of likely N-dealkylation sites (tertiary alicyclic amines) is 3. The molecule has 39 heavy (non-hydrogen) atoms. The molecular weight excluding hydrogens is 510 g/mol. The molecule has 3 aliphatic heterocycles. The van der Waals surface area contributed by atoms with Crippen LogP contribution in [0.5, 0.6) is 5.75 Å². The SMILES string of the molecule is COc1ccc(CN2CCC3(CCN(CC4CN(C(=O)CC(C)C)CC4c4ccccc4)CC3)C2=O)cc1.Cl. The van der Waals surface area contributed by atoms with Crippen LogP contribution in [0.4, 0.5) is 0 Å². The maximum atomic E-state index is 13.5. The Morgan fingerprint density at radius 3 is 2.28 bits per heavy atom. The van der Waals surface area contributed by atoms with Crippen molar-refractivity contribution in [3.8, 4) is 5.75 Å². The first-order valence-electron chi connectivity index (χ1n) is 14.3. The molecule has 6 nitrogen and oxygen atoms in total. The van der Waals surface area contributed by atoms with Gasteiger partial charge in [0.15, 0.2) is 0 Å². The minimum absolute atomic E-state index is 0. The summed E-state index contributed by atoms with van der Waals surface area (Å²) in [5, 5.41) is 0. The second-order valence-electron chi connectivity index (χ2n) is 12.1. The summed E-state index contributed by atoms with van der Waals surface area (Å²) in [4.78, 5) is 33.2. The number of halogens is 1. The van der Waals surface area contributed by atoms with Gasteiger partial charge in [-0.1, -0.05) is 56.3 Å². The number of piperidine rings is 1. The van der Waals surface area contributed by atoms with E-state index in [9.17, 15) is 9.59 Å². The number of benzene rings is 2. The Hall–Kier alpha value is -2.57. The Morgan fingerprint density at radius 2 is 1.64 bits per heavy atom. The van der Waals surface area contributed by atoms with Gasteiger partial charge in [0.2, 0.25) is 11.8 Å². The van der Waals surface area contributed by atoms with Gasteiger partial charge in [-0.2, -0.15) is 0 Å². The van der Waals surface area contributed by atoms with Gasteiger partial charge in [0.1, 0.15) is 5.75 Å². The van der Waals surface area contributed by atoms with Crippen molar-refractivity contribution in [1.29, 1.82) is 0 Å². The van der Waals surface area contributed by atoms with Crippen LogP contribution in [-0.4, -0.2) is 72.9 Å². The molecule has 0 N–H and O–H groups in total. The summed E-state index contributed by atoms with van der Waals surface area (Å²) < 4.78 is 5.27. The normalized spacial score (nSPS) is 22.9. The number of carbonyl (C=O) groups is 2. The maximum absolute atomic E-state index is 13.5. The van der Waals surface area contributed by atoms with Gasteiger partial charge in [-0.25, -0.2) is 0 Å². The number of carbonyl (C=O) groups excluding carboxylic acids is 2. The molecule has 0 saturated carbocycles. The molecule has 3 fully saturated rings. The topological polar surface area (TPSA) is 53.1 Å². The lowest BCUT2D eigenvalue weighted by Crippen LogP contribution is -2.46. The third-order valence-electron chi connectivity index (χ3n) is 9.04. The molecule has 2 aromatic carbocycles. The lowest BCUT2D eigenvalue weighted by atomic mass is 9.76. The molecule has 1 spiro atoms. The average Bonchev–Trinajstić information content (AvgIpc) is 3.48. The van der Waals surface area contributed by atoms with Gasteiger partial charge >= 0.3 is 0 Å². The summed E-state index contributed by atoms with van der Waals surface area (Å²) in [6, 6.07) is 18.8. The van der Waals surface area contributed by atoms with Crippen LogP contribution < -0.4 is 4.74 Å². The number of hydrogen-bond acceptors (Lipinski definition) is 4. The molecule has 2 atom stereocenters. The van der Waals surface area contributed by atoms with Crippen molar-refractivity contribution in [3.05, 3.63) is 65.7 Å². The van der Waals surface area contributed by atoms with Crippen LogP contribution >= 0.6 is 12.4 Å². The lowest BCUT2D eigenvalue weighted by molar-refractivity contribution is -0.139. The van der Waals surface area contributed by atoms with E-state index in [1.165, 1.54) is 5.56 Å². The highest BCUT2D eigenvalue weighted by Crippen LogP contribution is 2.43. The fourth-order valence-electron chi connectivity index (χ4n) is 6.77. The van der Waals surface area contributed by atoms with Crippen LogP contribution in [-0.2, 0) is 16.1 Å². The number of nitrogens with zero attached hydrogens (tertiary/aromatic N) is 3. The predicted octanol–water partition coefficient (Wildman–Crippen LogP) is 5.22. The van der Waals surface area contributed by atoms with E-state index in [4.69, 9.17) is 4.74 Å². The lowest BCUT2D eigenvalue weighted by Gasteiger charge is -2.39. The monoisotopic (exact) mass is 553 g/mol. The number of methoxy groups -OCH3 is 1. The summed E-state index contributed by atoms with van der Waals surface area (Å²) in [5.74, 6) is 2.64. The first-order valence-corrected chi connectivity index (χ1v) is 14.3. The Bertz CT molecular complexity index is 1100. The number of hydrogen-bond donors (Lipinski definition) is 0. The molecular formula is C32H44ClN3O3. The first kappa shape index (κ1) is 29.4. The Labute approximate surface area is 240 Å². The van der Waals surface area contributed by atoms with E-state index < -0.39 is 0 Å². The highest BCUT2D eigenvalue weighted by Gasteiger charge is 2.48. The van der Waals surface area contributed by atoms with Crippen molar-refractivity contribution in [2.45, 2.75) is 52.0 Å². The Morgan fingerprint density at radius 1 is 0.974 bits per heavy atom. The van der Waals surface area contributed by atoms with Gasteiger partial charge in [-0.3, -0.25) is 9.59 Å². The summed E-state index contributed by atoms with van der Waals surface area (Å²) in [6.07, 6.45) is 3.45. The zero-order valence-corrected chi connectivity index (χ0v) is 24.5. The van der Waals surface area contributed by atoms with Gasteiger partial charge in [0.05, 0.1) is 12.5 Å². The summed E-state index contributed by atoms with van der Waals surface area (Å²) in [7, 11) is 1.67. The van der Waals surface area contributed by atoms with E-state index in [0.29, 0.717) is 36.6 Å². The highest BCUT2D eigenvalue weighted by molar-refractivity contribution is 5.85. The fraction of sp³-hybridized carbons (Fsp3) is 0.562. The van der Waals surface area contributed by atoms with Crippen LogP contribution in [0.3, 0.4) is 0 Å². The zero-order chi connectivity index (χ0) is 26.7. The van der Waals surface area contributed by atoms with Crippen LogP contribution in [0.1, 0.15) is 56.6 Å². The van der Waals surface area contributed by atoms with Crippen molar-refractivity contribution in [1.82, 2.24) is 14.7 Å². The largest absolute Gasteiger partial charge is 0.497 e. The average molecular weight is 554 g/mol. The van der Waals surface area contributed by atoms with Gasteiger partial charge in [0, 0.05) is 45.1 Å². The molecule has 5 rings (SSSR count). The van der Waals surface area contributed by atoms with Crippen molar-refractivity contribution in [3.63, 3.8) is 0 Å². The standard InChI is InChI=1S/C32H43N3O3.ClH/c1-24(2)19-30(36)35-22-27(29(23-35)26-7-5-4-6-8-26)21-33-16-13-32(14-17-33)15-18-34(31(32)37)20-25-9-11-28(38-3)12-10-25;/h4-12,24,27,29H,13-23H2,1-3H3;1H. The van der Waals surface area contributed by atoms with Crippen LogP contribution in [0.25, 0.3) is 0 Å². The fourth-order valence-corrected chi connectivity index (χ4v) is 6.77. The molecule has 2 amide bonds. The molecule has 2 aromatic rings. The second-order valence-corrected chi connectivity index (χ2v) is 12.1. The van der Waals surface area contributed by atoms with E-state index in [-0.39, 0.29) is 23.7 Å². The van der Waals surface area contributed by atoms with E-state index >= 15 is 0 Å². The first-order chi connectivity index (χ1) is 18.4. The molecule has 0 aromatic heterocycles. The molecule has 0 aliphatic carbocycles. The van der Waals surface area contributed by atoms with E-state index in [1.807, 2.05) is 12.1 Å². The zero-order valence-electron chi connectivity index (χ0n) is 23.7. The molecule has 7 heteroatoms. The summed E-state index contributed by atoms with van der Waals surface area (Å²) in [5.41, 5.74) is 2.29. The summed E-state index contributed by atoms with van der Waals surface area (Å²) in [6.45, 7) is 10.3. The van der Waals surface area contributed by atoms with Crippen molar-refractivity contribution < 1.29 is 14.3 Å². The summed E-state index contributed by atoms with van der Waals surface area (Å²) >= 11 is 0. The third kappa shape index (κ3) is 6.60. The maximum Gasteiger partial charge on any atom is 0.229 e. The van der Waals surface area contributed by atoms with Crippen LogP contribution in [0, 0.1) is 17.3 Å². The molecule has 212 valence electrons.